The van der Waals surface area contributed by atoms with Gasteiger partial charge in [0.05, 0.1) is 11.4 Å². The summed E-state index contributed by atoms with van der Waals surface area (Å²) in [6, 6.07) is 3.29. The van der Waals surface area contributed by atoms with Crippen LogP contribution in [0.25, 0.3) is 16.7 Å². The molecule has 0 saturated carbocycles. The van der Waals surface area contributed by atoms with E-state index in [1.807, 2.05) is 20.1 Å². The highest BCUT2D eigenvalue weighted by Gasteiger charge is 2.23. The quantitative estimate of drug-likeness (QED) is 0.526. The summed E-state index contributed by atoms with van der Waals surface area (Å²) in [6.07, 6.45) is 4.97. The second kappa shape index (κ2) is 6.25. The normalized spacial score (nSPS) is 12.3. The van der Waals surface area contributed by atoms with Crippen LogP contribution in [-0.2, 0) is 5.67 Å². The van der Waals surface area contributed by atoms with Gasteiger partial charge < -0.3 is 0 Å². The van der Waals surface area contributed by atoms with Crippen LogP contribution in [0.5, 0.6) is 0 Å². The van der Waals surface area contributed by atoms with E-state index in [0.29, 0.717) is 27.6 Å². The first-order valence-corrected chi connectivity index (χ1v) is 9.16. The van der Waals surface area contributed by atoms with E-state index < -0.39 is 5.67 Å². The Morgan fingerprint density at radius 2 is 2.00 bits per heavy atom. The van der Waals surface area contributed by atoms with E-state index in [1.54, 1.807) is 33.9 Å². The standard InChI is InChI=1S/C17H20FN5OS/c1-10(2)22-15(24)12-9-20-16(25-5)21-14(12)23(22)11-6-7-19-13(8-11)17(3,4)18/h6-10H,1-5H3. The highest BCUT2D eigenvalue weighted by molar-refractivity contribution is 7.98. The molecular formula is C17H20FN5OS. The van der Waals surface area contributed by atoms with Crippen LogP contribution in [0.2, 0.25) is 0 Å². The SMILES string of the molecule is CSc1ncc2c(=O)n(C(C)C)n(-c3ccnc(C(C)(C)F)c3)c2n1. The lowest BCUT2D eigenvalue weighted by Crippen LogP contribution is -2.24. The molecule has 25 heavy (non-hydrogen) atoms. The zero-order valence-electron chi connectivity index (χ0n) is 14.8. The van der Waals surface area contributed by atoms with E-state index >= 15 is 0 Å². The van der Waals surface area contributed by atoms with Crippen LogP contribution in [0.3, 0.4) is 0 Å². The van der Waals surface area contributed by atoms with Gasteiger partial charge in [-0.3, -0.25) is 9.78 Å². The minimum Gasteiger partial charge on any atom is -0.267 e. The van der Waals surface area contributed by atoms with E-state index in [1.165, 1.54) is 25.6 Å². The number of nitrogens with zero attached hydrogens (tertiary/aromatic N) is 5. The molecule has 0 bridgehead atoms. The first-order valence-electron chi connectivity index (χ1n) is 7.94. The predicted octanol–water partition coefficient (Wildman–Crippen LogP) is 3.48. The molecule has 132 valence electrons. The minimum atomic E-state index is -1.58. The summed E-state index contributed by atoms with van der Waals surface area (Å²) in [5, 5.41) is 1.01. The first-order chi connectivity index (χ1) is 11.7. The number of alkyl halides is 1. The topological polar surface area (TPSA) is 65.6 Å². The maximum Gasteiger partial charge on any atom is 0.278 e. The van der Waals surface area contributed by atoms with Gasteiger partial charge in [-0.15, -0.1) is 0 Å². The summed E-state index contributed by atoms with van der Waals surface area (Å²) in [4.78, 5) is 25.6. The molecule has 0 aliphatic carbocycles. The van der Waals surface area contributed by atoms with Gasteiger partial charge in [0.25, 0.3) is 5.56 Å². The summed E-state index contributed by atoms with van der Waals surface area (Å²) in [5.41, 5.74) is -0.306. The van der Waals surface area contributed by atoms with Crippen LogP contribution in [0.4, 0.5) is 4.39 Å². The highest BCUT2D eigenvalue weighted by atomic mass is 32.2. The lowest BCUT2D eigenvalue weighted by Gasteiger charge is -2.18. The first kappa shape index (κ1) is 17.6. The van der Waals surface area contributed by atoms with Crippen molar-refractivity contribution >= 4 is 22.8 Å². The zero-order chi connectivity index (χ0) is 18.4. The lowest BCUT2D eigenvalue weighted by atomic mass is 10.1. The average molecular weight is 361 g/mol. The van der Waals surface area contributed by atoms with E-state index in [9.17, 15) is 9.18 Å². The molecule has 3 heterocycles. The molecular weight excluding hydrogens is 341 g/mol. The van der Waals surface area contributed by atoms with E-state index in [0.717, 1.165) is 0 Å². The number of aromatic nitrogens is 5. The molecule has 0 aliphatic heterocycles. The van der Waals surface area contributed by atoms with Crippen molar-refractivity contribution in [3.05, 3.63) is 40.6 Å². The van der Waals surface area contributed by atoms with Crippen molar-refractivity contribution in [1.82, 2.24) is 24.3 Å². The van der Waals surface area contributed by atoms with Crippen LogP contribution < -0.4 is 5.56 Å². The number of hydrogen-bond acceptors (Lipinski definition) is 5. The Hall–Kier alpha value is -2.22. The number of thioether (sulfide) groups is 1. The Morgan fingerprint density at radius 1 is 1.28 bits per heavy atom. The van der Waals surface area contributed by atoms with E-state index in [2.05, 4.69) is 15.0 Å². The minimum absolute atomic E-state index is 0.102. The van der Waals surface area contributed by atoms with E-state index in [4.69, 9.17) is 0 Å². The van der Waals surface area contributed by atoms with Crippen molar-refractivity contribution in [1.29, 1.82) is 0 Å². The van der Waals surface area contributed by atoms with Gasteiger partial charge in [-0.1, -0.05) is 11.8 Å². The molecule has 3 aromatic heterocycles. The van der Waals surface area contributed by atoms with Crippen molar-refractivity contribution in [2.24, 2.45) is 0 Å². The van der Waals surface area contributed by atoms with Crippen LogP contribution in [0, 0.1) is 0 Å². The van der Waals surface area contributed by atoms with Crippen LogP contribution in [0.1, 0.15) is 39.4 Å². The average Bonchev–Trinajstić information content (AvgIpc) is 2.86. The molecule has 8 heteroatoms. The number of halogens is 1. The molecule has 0 saturated heterocycles. The predicted molar refractivity (Wildman–Crippen MR) is 97.2 cm³/mol. The van der Waals surface area contributed by atoms with Crippen LogP contribution in [0.15, 0.2) is 34.5 Å². The number of pyridine rings is 1. The van der Waals surface area contributed by atoms with Gasteiger partial charge in [0.1, 0.15) is 11.1 Å². The molecule has 3 aromatic rings. The summed E-state index contributed by atoms with van der Waals surface area (Å²) in [6.45, 7) is 6.74. The Kier molecular flexibility index (Phi) is 4.40. The van der Waals surface area contributed by atoms with Crippen molar-refractivity contribution in [2.45, 2.75) is 44.6 Å². The summed E-state index contributed by atoms with van der Waals surface area (Å²) in [7, 11) is 0. The fraction of sp³-hybridized carbons (Fsp3) is 0.412. The summed E-state index contributed by atoms with van der Waals surface area (Å²) < 4.78 is 17.7. The Bertz CT molecular complexity index is 987. The van der Waals surface area contributed by atoms with Crippen molar-refractivity contribution < 1.29 is 4.39 Å². The third-order valence-electron chi connectivity index (χ3n) is 3.87. The zero-order valence-corrected chi connectivity index (χ0v) is 15.6. The molecule has 0 N–H and O–H groups in total. The second-order valence-corrected chi connectivity index (χ2v) is 7.29. The third-order valence-corrected chi connectivity index (χ3v) is 4.43. The fourth-order valence-corrected chi connectivity index (χ4v) is 3.01. The monoisotopic (exact) mass is 361 g/mol. The van der Waals surface area contributed by atoms with Gasteiger partial charge in [0, 0.05) is 18.4 Å². The van der Waals surface area contributed by atoms with Gasteiger partial charge in [-0.2, -0.15) is 0 Å². The van der Waals surface area contributed by atoms with Gasteiger partial charge in [0.15, 0.2) is 10.8 Å². The molecule has 0 unspecified atom stereocenters. The summed E-state index contributed by atoms with van der Waals surface area (Å²) in [5.74, 6) is 0. The molecule has 0 radical (unpaired) electrons. The maximum absolute atomic E-state index is 14.3. The molecule has 3 rings (SSSR count). The highest BCUT2D eigenvalue weighted by Crippen LogP contribution is 2.26. The second-order valence-electron chi connectivity index (χ2n) is 6.52. The summed E-state index contributed by atoms with van der Waals surface area (Å²) >= 11 is 1.40. The van der Waals surface area contributed by atoms with Crippen LogP contribution in [-0.4, -0.2) is 30.6 Å². The van der Waals surface area contributed by atoms with Crippen LogP contribution >= 0.6 is 11.8 Å². The molecule has 0 aliphatic rings. The third kappa shape index (κ3) is 3.06. The number of rotatable bonds is 4. The molecule has 0 spiro atoms. The van der Waals surface area contributed by atoms with Gasteiger partial charge >= 0.3 is 0 Å². The molecule has 0 aromatic carbocycles. The van der Waals surface area contributed by atoms with Crippen molar-refractivity contribution in [3.8, 4) is 5.69 Å². The van der Waals surface area contributed by atoms with Crippen molar-refractivity contribution in [3.63, 3.8) is 0 Å². The van der Waals surface area contributed by atoms with Gasteiger partial charge in [-0.05, 0) is 46.1 Å². The molecule has 6 nitrogen and oxygen atoms in total. The van der Waals surface area contributed by atoms with Crippen molar-refractivity contribution in [2.75, 3.05) is 6.26 Å². The smallest absolute Gasteiger partial charge is 0.267 e. The molecule has 0 amide bonds. The van der Waals surface area contributed by atoms with Gasteiger partial charge in [0.2, 0.25) is 0 Å². The lowest BCUT2D eigenvalue weighted by molar-refractivity contribution is 0.214. The molecule has 0 atom stereocenters. The Balaban J connectivity index is 2.38. The Labute approximate surface area is 149 Å². The number of hydrogen-bond donors (Lipinski definition) is 0. The fourth-order valence-electron chi connectivity index (χ4n) is 2.67. The van der Waals surface area contributed by atoms with Gasteiger partial charge in [-0.25, -0.2) is 23.7 Å². The van der Waals surface area contributed by atoms with E-state index in [-0.39, 0.29) is 11.6 Å². The number of fused-ring (bicyclic) bond motifs is 1. The largest absolute Gasteiger partial charge is 0.278 e. The Morgan fingerprint density at radius 3 is 2.60 bits per heavy atom. The molecule has 0 fully saturated rings. The maximum atomic E-state index is 14.3.